The Balaban J connectivity index is 1.23. The molecule has 4 bridgehead atoms. The highest BCUT2D eigenvalue weighted by Gasteiger charge is 2.61. The molecule has 5 aromatic carbocycles. The third-order valence-electron chi connectivity index (χ3n) is 13.0. The van der Waals surface area contributed by atoms with Crippen molar-refractivity contribution in [2.24, 2.45) is 23.7 Å². The number of nitrogens with zero attached hydrogens (tertiary/aromatic N) is 4. The average Bonchev–Trinajstić information content (AvgIpc) is 3.65. The second kappa shape index (κ2) is 9.41. The van der Waals surface area contributed by atoms with Crippen molar-refractivity contribution in [2.75, 3.05) is 0 Å². The smallest absolute Gasteiger partial charge is 0.235 e. The quantitative estimate of drug-likeness (QED) is 0.191. The van der Waals surface area contributed by atoms with Gasteiger partial charge in [-0.05, 0) is 108 Å². The highest BCUT2D eigenvalue weighted by atomic mass is 15.2. The van der Waals surface area contributed by atoms with E-state index in [1.807, 2.05) is 24.4 Å². The molecule has 0 aliphatic heterocycles. The molecule has 0 saturated heterocycles. The lowest BCUT2D eigenvalue weighted by molar-refractivity contribution is -0.0399. The predicted molar refractivity (Wildman–Crippen MR) is 198 cm³/mol. The fourth-order valence-electron chi connectivity index (χ4n) is 11.6. The highest BCUT2D eigenvalue weighted by molar-refractivity contribution is 6.23. The molecular formula is C45H34N4. The van der Waals surface area contributed by atoms with Crippen molar-refractivity contribution < 1.29 is 0 Å². The third-order valence-corrected chi connectivity index (χ3v) is 13.0. The summed E-state index contributed by atoms with van der Waals surface area (Å²) in [5.41, 5.74) is 11.1. The van der Waals surface area contributed by atoms with E-state index in [0.29, 0.717) is 5.95 Å². The Kier molecular flexibility index (Phi) is 5.11. The van der Waals surface area contributed by atoms with Crippen molar-refractivity contribution in [2.45, 2.75) is 37.5 Å². The Labute approximate surface area is 284 Å². The number of fused-ring (bicyclic) bond motifs is 10. The van der Waals surface area contributed by atoms with Crippen molar-refractivity contribution >= 4 is 43.5 Å². The minimum Gasteiger partial charge on any atom is -0.277 e. The summed E-state index contributed by atoms with van der Waals surface area (Å²) < 4.78 is 2.36. The van der Waals surface area contributed by atoms with Gasteiger partial charge in [0.15, 0.2) is 0 Å². The van der Waals surface area contributed by atoms with Crippen LogP contribution in [0.5, 0.6) is 0 Å². The highest BCUT2D eigenvalue weighted by Crippen LogP contribution is 2.70. The van der Waals surface area contributed by atoms with Crippen molar-refractivity contribution in [3.63, 3.8) is 0 Å². The van der Waals surface area contributed by atoms with Gasteiger partial charge in [-0.1, -0.05) is 91.0 Å². The zero-order valence-electron chi connectivity index (χ0n) is 27.2. The summed E-state index contributed by atoms with van der Waals surface area (Å²) in [6.07, 6.45) is 8.84. The van der Waals surface area contributed by atoms with E-state index in [1.54, 1.807) is 11.1 Å². The van der Waals surface area contributed by atoms with Gasteiger partial charge < -0.3 is 0 Å². The Morgan fingerprint density at radius 3 is 2.18 bits per heavy atom. The molecule has 0 amide bonds. The molecule has 0 unspecified atom stereocenters. The van der Waals surface area contributed by atoms with E-state index in [1.165, 1.54) is 75.8 Å². The zero-order valence-corrected chi connectivity index (χ0v) is 27.2. The van der Waals surface area contributed by atoms with Crippen LogP contribution < -0.4 is 0 Å². The SMILES string of the molecule is c1ccc(-c2nc(-n3c4ccc5c(c4c4ccc6ccccc6c43)-c3ccccc3C53C4CC5CC(C4)CC3C5)nc3ccccc23)nc1. The van der Waals surface area contributed by atoms with Gasteiger partial charge in [0.25, 0.3) is 0 Å². The lowest BCUT2D eigenvalue weighted by Gasteiger charge is -2.61. The summed E-state index contributed by atoms with van der Waals surface area (Å²) in [6.45, 7) is 0. The Morgan fingerprint density at radius 2 is 1.35 bits per heavy atom. The van der Waals surface area contributed by atoms with E-state index in [0.717, 1.165) is 46.0 Å². The largest absolute Gasteiger partial charge is 0.277 e. The van der Waals surface area contributed by atoms with Gasteiger partial charge in [-0.15, -0.1) is 0 Å². The van der Waals surface area contributed by atoms with Crippen LogP contribution in [0.1, 0.15) is 43.2 Å². The van der Waals surface area contributed by atoms with Crippen LogP contribution in [0.4, 0.5) is 0 Å². The molecule has 8 aromatic rings. The molecular weight excluding hydrogens is 597 g/mol. The number of pyridine rings is 1. The molecule has 49 heavy (non-hydrogen) atoms. The molecule has 0 N–H and O–H groups in total. The minimum atomic E-state index is 0.115. The van der Waals surface area contributed by atoms with Crippen molar-refractivity contribution in [1.82, 2.24) is 19.5 Å². The maximum Gasteiger partial charge on any atom is 0.235 e. The molecule has 3 aromatic heterocycles. The monoisotopic (exact) mass is 630 g/mol. The average molecular weight is 631 g/mol. The molecule has 5 aliphatic rings. The van der Waals surface area contributed by atoms with Gasteiger partial charge in [0.1, 0.15) is 5.69 Å². The topological polar surface area (TPSA) is 43.6 Å². The summed E-state index contributed by atoms with van der Waals surface area (Å²) >= 11 is 0. The van der Waals surface area contributed by atoms with Gasteiger partial charge in [0.05, 0.1) is 22.2 Å². The Hall–Kier alpha value is -5.35. The van der Waals surface area contributed by atoms with E-state index >= 15 is 0 Å². The lowest BCUT2D eigenvalue weighted by atomic mass is 9.43. The predicted octanol–water partition coefficient (Wildman–Crippen LogP) is 10.7. The summed E-state index contributed by atoms with van der Waals surface area (Å²) in [7, 11) is 0. The number of hydrogen-bond donors (Lipinski definition) is 0. The van der Waals surface area contributed by atoms with Gasteiger partial charge in [-0.25, -0.2) is 9.97 Å². The summed E-state index contributed by atoms with van der Waals surface area (Å²) in [6, 6.07) is 42.2. The number of aromatic nitrogens is 4. The van der Waals surface area contributed by atoms with Gasteiger partial charge in [-0.3, -0.25) is 9.55 Å². The second-order valence-corrected chi connectivity index (χ2v) is 15.2. The van der Waals surface area contributed by atoms with Gasteiger partial charge in [0.2, 0.25) is 5.95 Å². The summed E-state index contributed by atoms with van der Waals surface area (Å²) in [5.74, 6) is 3.97. The van der Waals surface area contributed by atoms with Crippen LogP contribution in [-0.2, 0) is 5.41 Å². The second-order valence-electron chi connectivity index (χ2n) is 15.2. The lowest BCUT2D eigenvalue weighted by Crippen LogP contribution is -2.55. The zero-order chi connectivity index (χ0) is 31.8. The van der Waals surface area contributed by atoms with Crippen LogP contribution in [0, 0.1) is 23.7 Å². The molecule has 1 spiro atoms. The normalized spacial score (nSPS) is 24.8. The van der Waals surface area contributed by atoms with Gasteiger partial charge >= 0.3 is 0 Å². The van der Waals surface area contributed by atoms with Crippen LogP contribution in [0.25, 0.3) is 71.9 Å². The van der Waals surface area contributed by atoms with Crippen LogP contribution in [0.3, 0.4) is 0 Å². The first-order valence-electron chi connectivity index (χ1n) is 18.0. The number of hydrogen-bond acceptors (Lipinski definition) is 3. The number of para-hydroxylation sites is 1. The van der Waals surface area contributed by atoms with Crippen LogP contribution in [0.15, 0.2) is 121 Å². The standard InChI is InChI=1S/C45H34N4/c1-2-10-31-28(9-1)16-17-34-41-39(49(43(31)34)44-47-37-14-6-4-12-33(37)42(48-44)38-15-7-8-20-46-38)19-18-36-40(41)32-11-3-5-13-35(32)45(36)29-22-26-21-27(24-29)25-30(45)23-26/h1-20,26-27,29-30H,21-25H2. The van der Waals surface area contributed by atoms with E-state index < -0.39 is 0 Å². The van der Waals surface area contributed by atoms with Crippen LogP contribution >= 0.6 is 0 Å². The first-order valence-corrected chi connectivity index (χ1v) is 18.0. The third kappa shape index (κ3) is 3.32. The van der Waals surface area contributed by atoms with E-state index in [9.17, 15) is 0 Å². The van der Waals surface area contributed by atoms with Crippen molar-refractivity contribution in [3.8, 4) is 28.5 Å². The molecule has 4 heteroatoms. The van der Waals surface area contributed by atoms with Crippen LogP contribution in [-0.4, -0.2) is 19.5 Å². The first kappa shape index (κ1) is 26.6. The fraction of sp³-hybridized carbons (Fsp3) is 0.222. The Bertz CT molecular complexity index is 2660. The molecule has 5 aliphatic carbocycles. The van der Waals surface area contributed by atoms with E-state index in [-0.39, 0.29) is 5.41 Å². The molecule has 234 valence electrons. The molecule has 4 nitrogen and oxygen atoms in total. The van der Waals surface area contributed by atoms with Crippen molar-refractivity contribution in [1.29, 1.82) is 0 Å². The number of benzene rings is 5. The maximum absolute atomic E-state index is 5.39. The number of rotatable bonds is 2. The molecule has 4 saturated carbocycles. The Morgan fingerprint density at radius 1 is 0.592 bits per heavy atom. The summed E-state index contributed by atoms with van der Waals surface area (Å²) in [4.78, 5) is 15.5. The van der Waals surface area contributed by atoms with Crippen molar-refractivity contribution in [3.05, 3.63) is 133 Å². The molecule has 3 heterocycles. The maximum atomic E-state index is 5.39. The molecule has 13 rings (SSSR count). The van der Waals surface area contributed by atoms with Gasteiger partial charge in [-0.2, -0.15) is 0 Å². The first-order chi connectivity index (χ1) is 24.3. The van der Waals surface area contributed by atoms with E-state index in [2.05, 4.69) is 102 Å². The molecule has 0 atom stereocenters. The molecule has 4 fully saturated rings. The molecule has 0 radical (unpaired) electrons. The van der Waals surface area contributed by atoms with Crippen LogP contribution in [0.2, 0.25) is 0 Å². The minimum absolute atomic E-state index is 0.115. The van der Waals surface area contributed by atoms with E-state index in [4.69, 9.17) is 15.0 Å². The van der Waals surface area contributed by atoms with Gasteiger partial charge in [0, 0.05) is 33.2 Å². The fourth-order valence-corrected chi connectivity index (χ4v) is 11.6. The summed E-state index contributed by atoms with van der Waals surface area (Å²) in [5, 5.41) is 6.06.